The molecule has 4 rings (SSSR count). The Morgan fingerprint density at radius 3 is 2.59 bits per heavy atom. The molecule has 29 heavy (non-hydrogen) atoms. The summed E-state index contributed by atoms with van der Waals surface area (Å²) in [6, 6.07) is 9.59. The molecule has 0 unspecified atom stereocenters. The molecule has 7 heteroatoms. The molecule has 1 saturated heterocycles. The number of amides is 3. The lowest BCUT2D eigenvalue weighted by Crippen LogP contribution is -2.45. The zero-order valence-corrected chi connectivity index (χ0v) is 16.3. The molecule has 0 radical (unpaired) electrons. The van der Waals surface area contributed by atoms with Crippen molar-refractivity contribution >= 4 is 35.0 Å². The molecule has 148 valence electrons. The molecule has 3 amide bonds. The molecule has 1 aliphatic carbocycles. The highest BCUT2D eigenvalue weighted by Gasteiger charge is 2.52. The summed E-state index contributed by atoms with van der Waals surface area (Å²) >= 11 is 6.17. The molecule has 0 aromatic heterocycles. The molecular formula is C22H18ClFN2O3. The summed E-state index contributed by atoms with van der Waals surface area (Å²) in [5, 5.41) is 3.27. The Morgan fingerprint density at radius 1 is 1.14 bits per heavy atom. The average Bonchev–Trinajstić information content (AvgIpc) is 2.96. The topological polar surface area (TPSA) is 66.5 Å². The van der Waals surface area contributed by atoms with Crippen LogP contribution in [-0.4, -0.2) is 23.8 Å². The molecule has 2 aromatic rings. The van der Waals surface area contributed by atoms with Crippen molar-refractivity contribution in [3.8, 4) is 0 Å². The quantitative estimate of drug-likeness (QED) is 0.618. The van der Waals surface area contributed by atoms with Gasteiger partial charge in [0.1, 0.15) is 5.82 Å². The van der Waals surface area contributed by atoms with Gasteiger partial charge in [-0.25, -0.2) is 9.29 Å². The molecule has 0 spiro atoms. The molecule has 3 atom stereocenters. The summed E-state index contributed by atoms with van der Waals surface area (Å²) in [5.41, 5.74) is 1.39. The van der Waals surface area contributed by atoms with Crippen molar-refractivity contribution in [1.29, 1.82) is 0 Å². The molecule has 2 aliphatic rings. The number of carbonyl (C=O) groups excluding carboxylic acids is 3. The minimum Gasteiger partial charge on any atom is -0.345 e. The Hall–Kier alpha value is -2.99. The van der Waals surface area contributed by atoms with Crippen LogP contribution in [0.5, 0.6) is 0 Å². The first-order valence-corrected chi connectivity index (χ1v) is 9.62. The highest BCUT2D eigenvalue weighted by molar-refractivity contribution is 6.32. The van der Waals surface area contributed by atoms with Crippen LogP contribution in [0, 0.1) is 24.6 Å². The number of nitrogens with one attached hydrogen (secondary N) is 1. The van der Waals surface area contributed by atoms with Crippen molar-refractivity contribution < 1.29 is 18.8 Å². The SMILES string of the molecule is Cc1c(Cl)cccc1N1C(=O)[C@@H]2[C@@H](NC(=O)c3ccc(F)cc3)C=CC[C@H]2C1=O. The number of fused-ring (bicyclic) bond motifs is 1. The largest absolute Gasteiger partial charge is 0.345 e. The van der Waals surface area contributed by atoms with E-state index >= 15 is 0 Å². The van der Waals surface area contributed by atoms with Crippen LogP contribution < -0.4 is 10.2 Å². The van der Waals surface area contributed by atoms with Gasteiger partial charge in [-0.3, -0.25) is 14.4 Å². The lowest BCUT2D eigenvalue weighted by atomic mass is 9.81. The van der Waals surface area contributed by atoms with Crippen LogP contribution in [0.3, 0.4) is 0 Å². The number of hydrogen-bond donors (Lipinski definition) is 1. The van der Waals surface area contributed by atoms with Gasteiger partial charge in [0, 0.05) is 10.6 Å². The Morgan fingerprint density at radius 2 is 1.86 bits per heavy atom. The summed E-state index contributed by atoms with van der Waals surface area (Å²) in [4.78, 5) is 40.0. The number of carbonyl (C=O) groups is 3. The van der Waals surface area contributed by atoms with Crippen LogP contribution in [0.2, 0.25) is 5.02 Å². The fourth-order valence-corrected chi connectivity index (χ4v) is 4.11. The van der Waals surface area contributed by atoms with E-state index in [-0.39, 0.29) is 17.4 Å². The molecule has 5 nitrogen and oxygen atoms in total. The Kier molecular flexibility index (Phi) is 4.96. The zero-order valence-electron chi connectivity index (χ0n) is 15.6. The lowest BCUT2D eigenvalue weighted by molar-refractivity contribution is -0.122. The molecule has 0 bridgehead atoms. The van der Waals surface area contributed by atoms with Crippen molar-refractivity contribution in [3.63, 3.8) is 0 Å². The van der Waals surface area contributed by atoms with E-state index in [4.69, 9.17) is 11.6 Å². The van der Waals surface area contributed by atoms with Gasteiger partial charge < -0.3 is 5.32 Å². The maximum atomic E-state index is 13.2. The monoisotopic (exact) mass is 412 g/mol. The third-order valence-electron chi connectivity index (χ3n) is 5.48. The number of rotatable bonds is 3. The first kappa shape index (κ1) is 19.3. The predicted molar refractivity (Wildman–Crippen MR) is 107 cm³/mol. The van der Waals surface area contributed by atoms with E-state index in [1.165, 1.54) is 29.2 Å². The molecule has 1 aliphatic heterocycles. The highest BCUT2D eigenvalue weighted by Crippen LogP contribution is 2.40. The van der Waals surface area contributed by atoms with Crippen molar-refractivity contribution in [2.45, 2.75) is 19.4 Å². The number of allylic oxidation sites excluding steroid dienone is 1. The summed E-state index contributed by atoms with van der Waals surface area (Å²) < 4.78 is 13.1. The van der Waals surface area contributed by atoms with Gasteiger partial charge in [-0.1, -0.05) is 29.8 Å². The van der Waals surface area contributed by atoms with E-state index in [0.29, 0.717) is 22.7 Å². The second-order valence-corrected chi connectivity index (χ2v) is 7.61. The van der Waals surface area contributed by atoms with E-state index in [0.717, 1.165) is 0 Å². The first-order valence-electron chi connectivity index (χ1n) is 9.24. The van der Waals surface area contributed by atoms with Crippen molar-refractivity contribution in [2.24, 2.45) is 11.8 Å². The van der Waals surface area contributed by atoms with Crippen LogP contribution in [0.15, 0.2) is 54.6 Å². The number of nitrogens with zero attached hydrogens (tertiary/aromatic N) is 1. The maximum Gasteiger partial charge on any atom is 0.251 e. The summed E-state index contributed by atoms with van der Waals surface area (Å²) in [6.45, 7) is 1.76. The standard InChI is InChI=1S/C22H18ClFN2O3/c1-12-16(23)5-3-7-18(12)26-21(28)15-4-2-6-17(19(15)22(26)29)25-20(27)13-8-10-14(24)11-9-13/h2-3,5-11,15,17,19H,4H2,1H3,(H,25,27)/t15-,17+,19+/m1/s1. The van der Waals surface area contributed by atoms with E-state index in [1.54, 1.807) is 37.3 Å². The van der Waals surface area contributed by atoms with Gasteiger partial charge in [-0.2, -0.15) is 0 Å². The molecule has 1 fully saturated rings. The number of anilines is 1. The third-order valence-corrected chi connectivity index (χ3v) is 5.89. The van der Waals surface area contributed by atoms with Gasteiger partial charge in [0.25, 0.3) is 5.91 Å². The van der Waals surface area contributed by atoms with Gasteiger partial charge in [-0.15, -0.1) is 0 Å². The summed E-state index contributed by atoms with van der Waals surface area (Å²) in [5.74, 6) is -2.78. The lowest BCUT2D eigenvalue weighted by Gasteiger charge is -2.27. The second kappa shape index (κ2) is 7.44. The van der Waals surface area contributed by atoms with Crippen molar-refractivity contribution in [3.05, 3.63) is 76.6 Å². The number of imide groups is 1. The zero-order chi connectivity index (χ0) is 20.7. The van der Waals surface area contributed by atoms with Gasteiger partial charge in [-0.05, 0) is 55.3 Å². The molecular weight excluding hydrogens is 395 g/mol. The fourth-order valence-electron chi connectivity index (χ4n) is 3.94. The van der Waals surface area contributed by atoms with E-state index in [1.807, 2.05) is 0 Å². The molecule has 2 aromatic carbocycles. The van der Waals surface area contributed by atoms with Crippen LogP contribution in [-0.2, 0) is 9.59 Å². The number of halogens is 2. The van der Waals surface area contributed by atoms with Crippen LogP contribution in [0.4, 0.5) is 10.1 Å². The van der Waals surface area contributed by atoms with Crippen LogP contribution >= 0.6 is 11.6 Å². The van der Waals surface area contributed by atoms with Gasteiger partial charge in [0.05, 0.1) is 23.6 Å². The molecule has 0 saturated carbocycles. The number of hydrogen-bond acceptors (Lipinski definition) is 3. The van der Waals surface area contributed by atoms with E-state index in [2.05, 4.69) is 5.32 Å². The fraction of sp³-hybridized carbons (Fsp3) is 0.227. The van der Waals surface area contributed by atoms with Crippen LogP contribution in [0.25, 0.3) is 0 Å². The van der Waals surface area contributed by atoms with Crippen molar-refractivity contribution in [2.75, 3.05) is 4.90 Å². The third kappa shape index (κ3) is 3.34. The van der Waals surface area contributed by atoms with Crippen molar-refractivity contribution in [1.82, 2.24) is 5.32 Å². The van der Waals surface area contributed by atoms with Crippen LogP contribution in [0.1, 0.15) is 22.3 Å². The van der Waals surface area contributed by atoms with E-state index in [9.17, 15) is 18.8 Å². The average molecular weight is 413 g/mol. The Labute approximate surface area is 172 Å². The second-order valence-electron chi connectivity index (χ2n) is 7.20. The summed E-state index contributed by atoms with van der Waals surface area (Å²) in [6.07, 6.45) is 3.96. The summed E-state index contributed by atoms with van der Waals surface area (Å²) in [7, 11) is 0. The number of benzene rings is 2. The van der Waals surface area contributed by atoms with E-state index < -0.39 is 29.6 Å². The predicted octanol–water partition coefficient (Wildman–Crippen LogP) is 3.65. The smallest absolute Gasteiger partial charge is 0.251 e. The van der Waals surface area contributed by atoms with Gasteiger partial charge in [0.2, 0.25) is 11.8 Å². The normalized spacial score (nSPS) is 23.3. The van der Waals surface area contributed by atoms with Gasteiger partial charge >= 0.3 is 0 Å². The molecule has 1 N–H and O–H groups in total. The Balaban J connectivity index is 1.62. The first-order chi connectivity index (χ1) is 13.9. The highest BCUT2D eigenvalue weighted by atomic mass is 35.5. The minimum atomic E-state index is -0.699. The molecule has 1 heterocycles. The minimum absolute atomic E-state index is 0.279. The van der Waals surface area contributed by atoms with Gasteiger partial charge in [0.15, 0.2) is 0 Å². The Bertz CT molecular complexity index is 1030. The maximum absolute atomic E-state index is 13.2.